The summed E-state index contributed by atoms with van der Waals surface area (Å²) >= 11 is 0. The molecular weight excluding hydrogens is 301 g/mol. The van der Waals surface area contributed by atoms with Gasteiger partial charge in [-0.05, 0) is 47.7 Å². The molecular formula is C17H20FNO2S. The fourth-order valence-electron chi connectivity index (χ4n) is 2.04. The Bertz CT molecular complexity index is 753. The molecule has 0 aliphatic rings. The van der Waals surface area contributed by atoms with Crippen LogP contribution >= 0.6 is 0 Å². The molecule has 0 bridgehead atoms. The standard InChI is InChI=1S/C17H20FNO2S/c1-12(2)15-6-8-16(9-7-15)22(20,21)19-11-14-5-4-13(3)17(18)10-14/h4-10,12,19H,11H2,1-3H3. The van der Waals surface area contributed by atoms with Gasteiger partial charge in [0.15, 0.2) is 0 Å². The summed E-state index contributed by atoms with van der Waals surface area (Å²) in [6.45, 7) is 5.83. The third-order valence-corrected chi connectivity index (χ3v) is 4.98. The van der Waals surface area contributed by atoms with Crippen molar-refractivity contribution in [2.75, 3.05) is 0 Å². The van der Waals surface area contributed by atoms with E-state index in [1.807, 2.05) is 26.0 Å². The molecule has 0 radical (unpaired) electrons. The first-order valence-electron chi connectivity index (χ1n) is 7.14. The van der Waals surface area contributed by atoms with Crippen LogP contribution in [0.1, 0.15) is 36.5 Å². The Morgan fingerprint density at radius 2 is 1.73 bits per heavy atom. The van der Waals surface area contributed by atoms with Crippen molar-refractivity contribution < 1.29 is 12.8 Å². The van der Waals surface area contributed by atoms with E-state index in [2.05, 4.69) is 4.72 Å². The third-order valence-electron chi connectivity index (χ3n) is 3.56. The Morgan fingerprint density at radius 1 is 1.09 bits per heavy atom. The molecule has 0 spiro atoms. The van der Waals surface area contributed by atoms with Crippen molar-refractivity contribution in [2.45, 2.75) is 38.1 Å². The number of halogens is 1. The maximum Gasteiger partial charge on any atom is 0.240 e. The lowest BCUT2D eigenvalue weighted by molar-refractivity contribution is 0.580. The molecule has 0 atom stereocenters. The zero-order valence-electron chi connectivity index (χ0n) is 12.9. The van der Waals surface area contributed by atoms with E-state index in [0.29, 0.717) is 17.0 Å². The van der Waals surface area contributed by atoms with E-state index in [1.54, 1.807) is 31.2 Å². The van der Waals surface area contributed by atoms with Crippen LogP contribution in [0.4, 0.5) is 4.39 Å². The number of aryl methyl sites for hydroxylation is 1. The Hall–Kier alpha value is -1.72. The van der Waals surface area contributed by atoms with Crippen LogP contribution in [-0.4, -0.2) is 8.42 Å². The molecule has 0 aromatic heterocycles. The molecule has 0 heterocycles. The molecule has 0 saturated carbocycles. The summed E-state index contributed by atoms with van der Waals surface area (Å²) in [5.41, 5.74) is 2.21. The average Bonchev–Trinajstić information content (AvgIpc) is 2.48. The minimum Gasteiger partial charge on any atom is -0.207 e. The van der Waals surface area contributed by atoms with Gasteiger partial charge in [0, 0.05) is 6.54 Å². The summed E-state index contributed by atoms with van der Waals surface area (Å²) < 4.78 is 40.4. The summed E-state index contributed by atoms with van der Waals surface area (Å²) in [6.07, 6.45) is 0. The van der Waals surface area contributed by atoms with Gasteiger partial charge < -0.3 is 0 Å². The number of hydrogen-bond acceptors (Lipinski definition) is 2. The van der Waals surface area contributed by atoms with Crippen LogP contribution in [0.25, 0.3) is 0 Å². The molecule has 0 unspecified atom stereocenters. The second kappa shape index (κ2) is 6.58. The van der Waals surface area contributed by atoms with Crippen molar-refractivity contribution in [3.63, 3.8) is 0 Å². The Balaban J connectivity index is 2.12. The number of hydrogen-bond donors (Lipinski definition) is 1. The lowest BCUT2D eigenvalue weighted by Gasteiger charge is -2.09. The van der Waals surface area contributed by atoms with Crippen molar-refractivity contribution >= 4 is 10.0 Å². The summed E-state index contributed by atoms with van der Waals surface area (Å²) in [4.78, 5) is 0.212. The second-order valence-electron chi connectivity index (χ2n) is 5.63. The molecule has 2 rings (SSSR count). The monoisotopic (exact) mass is 321 g/mol. The molecule has 3 nitrogen and oxygen atoms in total. The van der Waals surface area contributed by atoms with Crippen LogP contribution in [0.2, 0.25) is 0 Å². The van der Waals surface area contributed by atoms with Crippen LogP contribution < -0.4 is 4.72 Å². The molecule has 5 heteroatoms. The van der Waals surface area contributed by atoms with Crippen LogP contribution in [0.5, 0.6) is 0 Å². The van der Waals surface area contributed by atoms with E-state index in [9.17, 15) is 12.8 Å². The summed E-state index contributed by atoms with van der Waals surface area (Å²) in [6, 6.07) is 11.5. The fourth-order valence-corrected chi connectivity index (χ4v) is 3.06. The van der Waals surface area contributed by atoms with E-state index in [-0.39, 0.29) is 17.3 Å². The first-order valence-corrected chi connectivity index (χ1v) is 8.62. The van der Waals surface area contributed by atoms with E-state index in [0.717, 1.165) is 5.56 Å². The lowest BCUT2D eigenvalue weighted by Crippen LogP contribution is -2.23. The van der Waals surface area contributed by atoms with Gasteiger partial charge in [0.05, 0.1) is 4.90 Å². The van der Waals surface area contributed by atoms with Gasteiger partial charge in [0.25, 0.3) is 0 Å². The number of benzene rings is 2. The molecule has 118 valence electrons. The first kappa shape index (κ1) is 16.6. The van der Waals surface area contributed by atoms with Gasteiger partial charge in [-0.15, -0.1) is 0 Å². The minimum atomic E-state index is -3.60. The van der Waals surface area contributed by atoms with E-state index in [4.69, 9.17) is 0 Å². The van der Waals surface area contributed by atoms with E-state index in [1.165, 1.54) is 6.07 Å². The number of nitrogens with one attached hydrogen (secondary N) is 1. The van der Waals surface area contributed by atoms with Crippen molar-refractivity contribution in [3.05, 3.63) is 65.0 Å². The molecule has 2 aromatic carbocycles. The molecule has 0 aliphatic heterocycles. The molecule has 0 saturated heterocycles. The Kier molecular flexibility index (Phi) is 4.98. The van der Waals surface area contributed by atoms with Crippen molar-refractivity contribution in [2.24, 2.45) is 0 Å². The molecule has 22 heavy (non-hydrogen) atoms. The van der Waals surface area contributed by atoms with Crippen molar-refractivity contribution in [3.8, 4) is 0 Å². The lowest BCUT2D eigenvalue weighted by atomic mass is 10.0. The van der Waals surface area contributed by atoms with E-state index >= 15 is 0 Å². The van der Waals surface area contributed by atoms with Gasteiger partial charge in [-0.3, -0.25) is 0 Å². The van der Waals surface area contributed by atoms with Gasteiger partial charge in [0.2, 0.25) is 10.0 Å². The predicted molar refractivity (Wildman–Crippen MR) is 85.7 cm³/mol. The molecule has 0 amide bonds. The average molecular weight is 321 g/mol. The number of sulfonamides is 1. The van der Waals surface area contributed by atoms with Crippen molar-refractivity contribution in [1.82, 2.24) is 4.72 Å². The summed E-state index contributed by atoms with van der Waals surface area (Å²) in [5.74, 6) is 0.0123. The van der Waals surface area contributed by atoms with Gasteiger partial charge in [0.1, 0.15) is 5.82 Å². The van der Waals surface area contributed by atoms with Gasteiger partial charge in [-0.1, -0.05) is 38.1 Å². The van der Waals surface area contributed by atoms with E-state index < -0.39 is 10.0 Å². The smallest absolute Gasteiger partial charge is 0.207 e. The highest BCUT2D eigenvalue weighted by molar-refractivity contribution is 7.89. The van der Waals surface area contributed by atoms with Crippen LogP contribution in [0.15, 0.2) is 47.4 Å². The Labute approximate surface area is 131 Å². The van der Waals surface area contributed by atoms with Crippen LogP contribution in [0, 0.1) is 12.7 Å². The number of rotatable bonds is 5. The van der Waals surface area contributed by atoms with Gasteiger partial charge >= 0.3 is 0 Å². The maximum atomic E-state index is 13.5. The van der Waals surface area contributed by atoms with Gasteiger partial charge in [-0.2, -0.15) is 0 Å². The first-order chi connectivity index (χ1) is 10.3. The molecule has 1 N–H and O–H groups in total. The van der Waals surface area contributed by atoms with Gasteiger partial charge in [-0.25, -0.2) is 17.5 Å². The normalized spacial score (nSPS) is 11.9. The quantitative estimate of drug-likeness (QED) is 0.912. The summed E-state index contributed by atoms with van der Waals surface area (Å²) in [5, 5.41) is 0. The van der Waals surface area contributed by atoms with Crippen LogP contribution in [-0.2, 0) is 16.6 Å². The maximum absolute atomic E-state index is 13.5. The molecule has 0 aliphatic carbocycles. The zero-order chi connectivity index (χ0) is 16.3. The van der Waals surface area contributed by atoms with Crippen LogP contribution in [0.3, 0.4) is 0 Å². The predicted octanol–water partition coefficient (Wildman–Crippen LogP) is 3.74. The minimum absolute atomic E-state index is 0.0610. The second-order valence-corrected chi connectivity index (χ2v) is 7.40. The summed E-state index contributed by atoms with van der Waals surface area (Å²) in [7, 11) is -3.60. The topological polar surface area (TPSA) is 46.2 Å². The third kappa shape index (κ3) is 3.93. The highest BCUT2D eigenvalue weighted by atomic mass is 32.2. The Morgan fingerprint density at radius 3 is 2.27 bits per heavy atom. The largest absolute Gasteiger partial charge is 0.240 e. The molecule has 0 fully saturated rings. The SMILES string of the molecule is Cc1ccc(CNS(=O)(=O)c2ccc(C(C)C)cc2)cc1F. The highest BCUT2D eigenvalue weighted by Gasteiger charge is 2.14. The van der Waals surface area contributed by atoms with Crippen molar-refractivity contribution in [1.29, 1.82) is 0 Å². The molecule has 2 aromatic rings. The highest BCUT2D eigenvalue weighted by Crippen LogP contribution is 2.17. The fraction of sp³-hybridized carbons (Fsp3) is 0.294. The zero-order valence-corrected chi connectivity index (χ0v) is 13.7.